The summed E-state index contributed by atoms with van der Waals surface area (Å²) in [6.45, 7) is 1.73. The highest BCUT2D eigenvalue weighted by atomic mass is 35.5. The molecule has 0 fully saturated rings. The number of allylic oxidation sites excluding steroid dienone is 1. The third-order valence-corrected chi connectivity index (χ3v) is 2.91. The summed E-state index contributed by atoms with van der Waals surface area (Å²) in [6.07, 6.45) is 3.43. The average molecular weight is 233 g/mol. The number of esters is 1. The number of rotatable bonds is 2. The van der Waals surface area contributed by atoms with Gasteiger partial charge in [0, 0.05) is 0 Å². The van der Waals surface area contributed by atoms with Gasteiger partial charge in [-0.2, -0.15) is 0 Å². The second-order valence-corrected chi connectivity index (χ2v) is 3.74. The number of carbonyl (C=O) groups excluding carboxylic acids is 1. The molecule has 0 aliphatic heterocycles. The summed E-state index contributed by atoms with van der Waals surface area (Å²) in [4.78, 5) is 11.4. The van der Waals surface area contributed by atoms with Gasteiger partial charge in [0.25, 0.3) is 0 Å². The monoisotopic (exact) mass is 232 g/mol. The van der Waals surface area contributed by atoms with Crippen LogP contribution in [0.3, 0.4) is 0 Å². The SMILES string of the molecule is C/C=C/C1=C[C@@H](O)[C@@H](Cl)[C@@]1(O)C(=O)OC. The van der Waals surface area contributed by atoms with Crippen molar-refractivity contribution in [1.29, 1.82) is 0 Å². The zero-order valence-corrected chi connectivity index (χ0v) is 9.23. The number of hydrogen-bond acceptors (Lipinski definition) is 4. The van der Waals surface area contributed by atoms with Crippen molar-refractivity contribution in [3.63, 3.8) is 0 Å². The van der Waals surface area contributed by atoms with Gasteiger partial charge in [0.05, 0.1) is 13.2 Å². The van der Waals surface area contributed by atoms with E-state index < -0.39 is 23.1 Å². The fraction of sp³-hybridized carbons (Fsp3) is 0.500. The number of carbonyl (C=O) groups is 1. The Morgan fingerprint density at radius 3 is 2.80 bits per heavy atom. The van der Waals surface area contributed by atoms with Gasteiger partial charge >= 0.3 is 5.97 Å². The van der Waals surface area contributed by atoms with Crippen LogP contribution in [-0.2, 0) is 9.53 Å². The van der Waals surface area contributed by atoms with Crippen LogP contribution < -0.4 is 0 Å². The number of hydrogen-bond donors (Lipinski definition) is 2. The summed E-state index contributed by atoms with van der Waals surface area (Å²) in [6, 6.07) is 0. The summed E-state index contributed by atoms with van der Waals surface area (Å²) in [5, 5.41) is 18.4. The maximum Gasteiger partial charge on any atom is 0.344 e. The molecule has 1 aliphatic carbocycles. The van der Waals surface area contributed by atoms with Gasteiger partial charge in [0.2, 0.25) is 5.60 Å². The van der Waals surface area contributed by atoms with E-state index >= 15 is 0 Å². The van der Waals surface area contributed by atoms with Crippen LogP contribution in [0.4, 0.5) is 0 Å². The lowest BCUT2D eigenvalue weighted by Crippen LogP contribution is -2.49. The summed E-state index contributed by atoms with van der Waals surface area (Å²) in [5.74, 6) is -0.872. The van der Waals surface area contributed by atoms with Crippen molar-refractivity contribution in [2.45, 2.75) is 24.0 Å². The smallest absolute Gasteiger partial charge is 0.344 e. The second kappa shape index (κ2) is 4.35. The highest BCUT2D eigenvalue weighted by Crippen LogP contribution is 2.36. The quantitative estimate of drug-likeness (QED) is 0.534. The van der Waals surface area contributed by atoms with Crippen LogP contribution in [0.2, 0.25) is 0 Å². The number of alkyl halides is 1. The van der Waals surface area contributed by atoms with E-state index in [0.717, 1.165) is 7.11 Å². The Balaban J connectivity index is 3.14. The van der Waals surface area contributed by atoms with Gasteiger partial charge in [-0.3, -0.25) is 0 Å². The summed E-state index contributed by atoms with van der Waals surface area (Å²) in [7, 11) is 1.15. The van der Waals surface area contributed by atoms with E-state index in [-0.39, 0.29) is 5.57 Å². The standard InChI is InChI=1S/C10H13ClO4/c1-3-4-6-5-7(12)8(11)10(6,14)9(13)15-2/h3-5,7-8,12,14H,1-2H3/b4-3+/t7-,8-,10-/m1/s1. The fourth-order valence-electron chi connectivity index (χ4n) is 1.55. The zero-order chi connectivity index (χ0) is 11.6. The lowest BCUT2D eigenvalue weighted by atomic mass is 9.94. The molecule has 1 rings (SSSR count). The van der Waals surface area contributed by atoms with E-state index in [1.807, 2.05) is 0 Å². The summed E-state index contributed by atoms with van der Waals surface area (Å²) >= 11 is 5.79. The molecule has 0 aromatic carbocycles. The van der Waals surface area contributed by atoms with Crippen molar-refractivity contribution >= 4 is 17.6 Å². The summed E-state index contributed by atoms with van der Waals surface area (Å²) < 4.78 is 4.47. The minimum atomic E-state index is -1.97. The molecule has 0 aromatic heterocycles. The van der Waals surface area contributed by atoms with Crippen LogP contribution in [0, 0.1) is 0 Å². The molecule has 0 saturated carbocycles. The molecule has 0 aromatic rings. The summed E-state index contributed by atoms with van der Waals surface area (Å²) in [5.41, 5.74) is -1.72. The molecule has 0 radical (unpaired) electrons. The fourth-order valence-corrected chi connectivity index (χ4v) is 1.84. The number of aliphatic hydroxyl groups excluding tert-OH is 1. The molecule has 0 spiro atoms. The van der Waals surface area contributed by atoms with Gasteiger partial charge in [0.1, 0.15) is 5.38 Å². The molecule has 0 heterocycles. The lowest BCUT2D eigenvalue weighted by molar-refractivity contribution is -0.158. The first-order valence-corrected chi connectivity index (χ1v) is 4.90. The zero-order valence-electron chi connectivity index (χ0n) is 8.48. The second-order valence-electron chi connectivity index (χ2n) is 3.27. The number of halogens is 1. The van der Waals surface area contributed by atoms with Crippen molar-refractivity contribution in [1.82, 2.24) is 0 Å². The first kappa shape index (κ1) is 12.2. The average Bonchev–Trinajstić information content (AvgIpc) is 2.44. The van der Waals surface area contributed by atoms with Gasteiger partial charge in [-0.1, -0.05) is 12.2 Å². The molecule has 84 valence electrons. The number of methoxy groups -OCH3 is 1. The third kappa shape index (κ3) is 1.80. The Morgan fingerprint density at radius 2 is 2.33 bits per heavy atom. The Bertz CT molecular complexity index is 323. The molecular weight excluding hydrogens is 220 g/mol. The van der Waals surface area contributed by atoms with Crippen LogP contribution in [0.15, 0.2) is 23.8 Å². The first-order valence-electron chi connectivity index (χ1n) is 4.46. The molecule has 0 amide bonds. The van der Waals surface area contributed by atoms with Crippen LogP contribution >= 0.6 is 11.6 Å². The van der Waals surface area contributed by atoms with Crippen molar-refractivity contribution in [3.05, 3.63) is 23.8 Å². The van der Waals surface area contributed by atoms with Crippen molar-refractivity contribution in [2.75, 3.05) is 7.11 Å². The van der Waals surface area contributed by atoms with Gasteiger partial charge in [0.15, 0.2) is 0 Å². The van der Waals surface area contributed by atoms with E-state index in [1.54, 1.807) is 13.0 Å². The van der Waals surface area contributed by atoms with Crippen LogP contribution in [0.1, 0.15) is 6.92 Å². The molecule has 0 saturated heterocycles. The molecule has 2 N–H and O–H groups in total. The van der Waals surface area contributed by atoms with E-state index in [4.69, 9.17) is 11.6 Å². The Morgan fingerprint density at radius 1 is 1.73 bits per heavy atom. The van der Waals surface area contributed by atoms with E-state index in [9.17, 15) is 15.0 Å². The normalized spacial score (nSPS) is 35.7. The Kier molecular flexibility index (Phi) is 3.54. The lowest BCUT2D eigenvalue weighted by Gasteiger charge is -2.26. The molecule has 5 heteroatoms. The molecule has 4 nitrogen and oxygen atoms in total. The maximum atomic E-state index is 11.4. The molecule has 0 unspecified atom stereocenters. The van der Waals surface area contributed by atoms with E-state index in [1.165, 1.54) is 12.2 Å². The van der Waals surface area contributed by atoms with Crippen LogP contribution in [-0.4, -0.2) is 40.4 Å². The van der Waals surface area contributed by atoms with Crippen LogP contribution in [0.25, 0.3) is 0 Å². The van der Waals surface area contributed by atoms with Gasteiger partial charge in [-0.25, -0.2) is 4.79 Å². The van der Waals surface area contributed by atoms with Gasteiger partial charge in [-0.15, -0.1) is 11.6 Å². The van der Waals surface area contributed by atoms with Gasteiger partial charge < -0.3 is 14.9 Å². The largest absolute Gasteiger partial charge is 0.467 e. The van der Waals surface area contributed by atoms with Crippen molar-refractivity contribution in [2.24, 2.45) is 0 Å². The topological polar surface area (TPSA) is 66.8 Å². The number of aliphatic hydroxyl groups is 2. The Hall–Kier alpha value is -0.840. The molecule has 15 heavy (non-hydrogen) atoms. The molecule has 0 bridgehead atoms. The molecule has 3 atom stereocenters. The van der Waals surface area contributed by atoms with E-state index in [2.05, 4.69) is 4.74 Å². The minimum Gasteiger partial charge on any atom is -0.467 e. The van der Waals surface area contributed by atoms with Crippen molar-refractivity contribution in [3.8, 4) is 0 Å². The highest BCUT2D eigenvalue weighted by molar-refractivity contribution is 6.24. The predicted molar refractivity (Wildman–Crippen MR) is 55.5 cm³/mol. The first-order chi connectivity index (χ1) is 6.98. The highest BCUT2D eigenvalue weighted by Gasteiger charge is 2.53. The maximum absolute atomic E-state index is 11.4. The predicted octanol–water partition coefficient (Wildman–Crippen LogP) is 0.375. The Labute approximate surface area is 92.8 Å². The van der Waals surface area contributed by atoms with Gasteiger partial charge in [-0.05, 0) is 18.6 Å². The van der Waals surface area contributed by atoms with E-state index in [0.29, 0.717) is 0 Å². The molecular formula is C10H13ClO4. The van der Waals surface area contributed by atoms with Crippen molar-refractivity contribution < 1.29 is 19.7 Å². The minimum absolute atomic E-state index is 0.254. The van der Waals surface area contributed by atoms with Crippen LogP contribution in [0.5, 0.6) is 0 Å². The molecule has 1 aliphatic rings. The third-order valence-electron chi connectivity index (χ3n) is 2.33. The number of ether oxygens (including phenoxy) is 1.